The molecule has 0 aromatic heterocycles. The van der Waals surface area contributed by atoms with E-state index < -0.39 is 8.80 Å². The van der Waals surface area contributed by atoms with Crippen LogP contribution in [-0.4, -0.2) is 52.3 Å². The van der Waals surface area contributed by atoms with Crippen LogP contribution in [0, 0.1) is 0 Å². The highest BCUT2D eigenvalue weighted by Crippen LogP contribution is 2.16. The highest BCUT2D eigenvalue weighted by Gasteiger charge is 2.29. The predicted octanol–water partition coefficient (Wildman–Crippen LogP) is -1.18. The van der Waals surface area contributed by atoms with Crippen LogP contribution in [-0.2, 0) is 4.79 Å². The fourth-order valence-corrected chi connectivity index (χ4v) is 2.46. The first kappa shape index (κ1) is 12.0. The van der Waals surface area contributed by atoms with Crippen molar-refractivity contribution >= 4 is 27.3 Å². The van der Waals surface area contributed by atoms with E-state index in [1.165, 1.54) is 0 Å². The number of rotatable bonds is 4. The second-order valence-electron chi connectivity index (χ2n) is 3.58. The summed E-state index contributed by atoms with van der Waals surface area (Å²) in [5, 5.41) is 0.0851. The monoisotopic (exact) mass is 237 g/mol. The molecule has 5 nitrogen and oxygen atoms in total. The minimum Gasteiger partial charge on any atom is -0.390 e. The standard InChI is InChI=1S/C7H15NO4SSi/c9-7-4-6(13)5-8(7)2-1-3-14(10,11)12/h6,10-13H,1-5H2. The predicted molar refractivity (Wildman–Crippen MR) is 55.8 cm³/mol. The van der Waals surface area contributed by atoms with Gasteiger partial charge in [-0.2, -0.15) is 12.6 Å². The molecule has 1 rings (SSSR count). The van der Waals surface area contributed by atoms with Crippen LogP contribution < -0.4 is 0 Å². The third-order valence-corrected chi connectivity index (χ3v) is 3.50. The molecule has 0 radical (unpaired) electrons. The van der Waals surface area contributed by atoms with Crippen molar-refractivity contribution in [2.24, 2.45) is 0 Å². The summed E-state index contributed by atoms with van der Waals surface area (Å²) in [6.07, 6.45) is 0.866. The lowest BCUT2D eigenvalue weighted by atomic mass is 10.4. The molecule has 0 spiro atoms. The van der Waals surface area contributed by atoms with Crippen LogP contribution in [0.3, 0.4) is 0 Å². The van der Waals surface area contributed by atoms with Crippen molar-refractivity contribution in [3.8, 4) is 0 Å². The molecule has 7 heteroatoms. The fourth-order valence-electron chi connectivity index (χ4n) is 1.47. The molecule has 0 saturated carbocycles. The van der Waals surface area contributed by atoms with Crippen molar-refractivity contribution in [1.29, 1.82) is 0 Å². The van der Waals surface area contributed by atoms with Crippen LogP contribution in [0.2, 0.25) is 6.04 Å². The number of carbonyl (C=O) groups is 1. The van der Waals surface area contributed by atoms with Crippen molar-refractivity contribution in [3.63, 3.8) is 0 Å². The molecule has 1 aliphatic rings. The van der Waals surface area contributed by atoms with Gasteiger partial charge in [-0.25, -0.2) is 0 Å². The Hall–Kier alpha value is -0.0831. The molecule has 1 heterocycles. The number of amides is 1. The molecule has 1 aliphatic heterocycles. The molecule has 0 aromatic carbocycles. The van der Waals surface area contributed by atoms with E-state index in [9.17, 15) is 4.79 Å². The van der Waals surface area contributed by atoms with Gasteiger partial charge in [0.1, 0.15) is 0 Å². The third-order valence-electron chi connectivity index (χ3n) is 2.13. The van der Waals surface area contributed by atoms with E-state index in [0.29, 0.717) is 25.9 Å². The summed E-state index contributed by atoms with van der Waals surface area (Å²) in [5.74, 6) is 0.0473. The van der Waals surface area contributed by atoms with Crippen molar-refractivity contribution in [1.82, 2.24) is 4.90 Å². The van der Waals surface area contributed by atoms with Crippen LogP contribution in [0.1, 0.15) is 12.8 Å². The number of hydrogen-bond donors (Lipinski definition) is 4. The van der Waals surface area contributed by atoms with Gasteiger partial charge in [0.2, 0.25) is 5.91 Å². The molecule has 0 bridgehead atoms. The number of hydrogen-bond acceptors (Lipinski definition) is 5. The summed E-state index contributed by atoms with van der Waals surface area (Å²) in [6.45, 7) is 1.07. The van der Waals surface area contributed by atoms with E-state index in [0.717, 1.165) is 0 Å². The minimum absolute atomic E-state index is 0.0198. The van der Waals surface area contributed by atoms with Gasteiger partial charge in [0.25, 0.3) is 0 Å². The summed E-state index contributed by atoms with van der Waals surface area (Å²) in [4.78, 5) is 39.1. The van der Waals surface area contributed by atoms with E-state index in [1.54, 1.807) is 4.90 Å². The highest BCUT2D eigenvalue weighted by atomic mass is 32.1. The Morgan fingerprint density at radius 1 is 1.50 bits per heavy atom. The molecular weight excluding hydrogens is 222 g/mol. The molecule has 1 fully saturated rings. The highest BCUT2D eigenvalue weighted by molar-refractivity contribution is 7.81. The van der Waals surface area contributed by atoms with Crippen molar-refractivity contribution in [3.05, 3.63) is 0 Å². The Labute approximate surface area is 89.1 Å². The van der Waals surface area contributed by atoms with Gasteiger partial charge in [-0.3, -0.25) is 4.79 Å². The second-order valence-corrected chi connectivity index (χ2v) is 6.35. The number of likely N-dealkylation sites (tertiary alicyclic amines) is 1. The average Bonchev–Trinajstić information content (AvgIpc) is 2.27. The Balaban J connectivity index is 2.22. The Morgan fingerprint density at radius 2 is 2.14 bits per heavy atom. The molecule has 0 aliphatic carbocycles. The largest absolute Gasteiger partial charge is 0.492 e. The van der Waals surface area contributed by atoms with Crippen molar-refractivity contribution in [2.45, 2.75) is 24.1 Å². The zero-order valence-electron chi connectivity index (χ0n) is 7.76. The first-order chi connectivity index (χ1) is 6.38. The maximum Gasteiger partial charge on any atom is 0.492 e. The Bertz CT molecular complexity index is 220. The summed E-state index contributed by atoms with van der Waals surface area (Å²) in [5.41, 5.74) is 0. The van der Waals surface area contributed by atoms with Gasteiger partial charge >= 0.3 is 8.80 Å². The molecule has 0 aromatic rings. The van der Waals surface area contributed by atoms with Crippen molar-refractivity contribution < 1.29 is 19.2 Å². The van der Waals surface area contributed by atoms with Gasteiger partial charge in [0.15, 0.2) is 0 Å². The fraction of sp³-hybridized carbons (Fsp3) is 0.857. The lowest BCUT2D eigenvalue weighted by Gasteiger charge is -2.16. The third kappa shape index (κ3) is 3.97. The zero-order chi connectivity index (χ0) is 10.8. The van der Waals surface area contributed by atoms with Gasteiger partial charge in [-0.05, 0) is 6.42 Å². The number of nitrogens with zero attached hydrogens (tertiary/aromatic N) is 1. The second kappa shape index (κ2) is 4.62. The van der Waals surface area contributed by atoms with Gasteiger partial charge in [-0.15, -0.1) is 0 Å². The van der Waals surface area contributed by atoms with E-state index >= 15 is 0 Å². The minimum atomic E-state index is -3.93. The lowest BCUT2D eigenvalue weighted by Crippen LogP contribution is -2.36. The maximum atomic E-state index is 11.2. The summed E-state index contributed by atoms with van der Waals surface area (Å²) in [6, 6.07) is -0.0198. The number of thiol groups is 1. The maximum absolute atomic E-state index is 11.2. The molecule has 82 valence electrons. The van der Waals surface area contributed by atoms with E-state index in [4.69, 9.17) is 14.4 Å². The number of carbonyl (C=O) groups excluding carboxylic acids is 1. The normalized spacial score (nSPS) is 23.3. The summed E-state index contributed by atoms with van der Waals surface area (Å²) in [7, 11) is -3.93. The Morgan fingerprint density at radius 3 is 2.57 bits per heavy atom. The van der Waals surface area contributed by atoms with Crippen LogP contribution in [0.5, 0.6) is 0 Å². The van der Waals surface area contributed by atoms with Gasteiger partial charge in [-0.1, -0.05) is 0 Å². The smallest absolute Gasteiger partial charge is 0.390 e. The van der Waals surface area contributed by atoms with Crippen molar-refractivity contribution in [2.75, 3.05) is 13.1 Å². The average molecular weight is 237 g/mol. The van der Waals surface area contributed by atoms with E-state index in [-0.39, 0.29) is 17.2 Å². The molecule has 1 saturated heterocycles. The molecule has 1 atom stereocenters. The first-order valence-electron chi connectivity index (χ1n) is 4.51. The van der Waals surface area contributed by atoms with Gasteiger partial charge in [0.05, 0.1) is 0 Å². The molecule has 14 heavy (non-hydrogen) atoms. The van der Waals surface area contributed by atoms with E-state index in [2.05, 4.69) is 12.6 Å². The van der Waals surface area contributed by atoms with Crippen LogP contribution in [0.15, 0.2) is 0 Å². The lowest BCUT2D eigenvalue weighted by molar-refractivity contribution is -0.127. The molecule has 3 N–H and O–H groups in total. The zero-order valence-corrected chi connectivity index (χ0v) is 9.65. The SMILES string of the molecule is O=C1CC(S)CN1CCC[Si](O)(O)O. The summed E-state index contributed by atoms with van der Waals surface area (Å²) >= 11 is 4.19. The van der Waals surface area contributed by atoms with Crippen LogP contribution in [0.4, 0.5) is 0 Å². The van der Waals surface area contributed by atoms with Gasteiger partial charge in [0, 0.05) is 30.8 Å². The molecular formula is C7H15NO4SSi. The van der Waals surface area contributed by atoms with E-state index in [1.807, 2.05) is 0 Å². The van der Waals surface area contributed by atoms with Crippen LogP contribution >= 0.6 is 12.6 Å². The topological polar surface area (TPSA) is 81.0 Å². The molecule has 1 unspecified atom stereocenters. The van der Waals surface area contributed by atoms with Crippen LogP contribution in [0.25, 0.3) is 0 Å². The molecule has 1 amide bonds. The first-order valence-corrected chi connectivity index (χ1v) is 7.08. The quantitative estimate of drug-likeness (QED) is 0.367. The summed E-state index contributed by atoms with van der Waals surface area (Å²) < 4.78 is 0. The Kier molecular flexibility index (Phi) is 3.96. The van der Waals surface area contributed by atoms with Gasteiger partial charge < -0.3 is 19.3 Å².